The van der Waals surface area contributed by atoms with Gasteiger partial charge in [0.05, 0.1) is 17.1 Å². The summed E-state index contributed by atoms with van der Waals surface area (Å²) in [6.07, 6.45) is 1.88. The minimum absolute atomic E-state index is 0.703. The molecule has 0 aliphatic rings. The molecule has 0 unspecified atom stereocenters. The summed E-state index contributed by atoms with van der Waals surface area (Å²) in [6.45, 7) is 0. The van der Waals surface area contributed by atoms with Gasteiger partial charge in [0, 0.05) is 33.8 Å². The van der Waals surface area contributed by atoms with Crippen LogP contribution < -0.4 is 0 Å². The molecular formula is C37H25N3. The molecule has 5 aromatic carbocycles. The number of hydrogen-bond donors (Lipinski definition) is 0. The summed E-state index contributed by atoms with van der Waals surface area (Å²) in [5.41, 5.74) is 9.21. The second-order valence-electron chi connectivity index (χ2n) is 9.74. The van der Waals surface area contributed by atoms with Crippen LogP contribution in [0.4, 0.5) is 0 Å². The normalized spacial score (nSPS) is 11.0. The third-order valence-electron chi connectivity index (χ3n) is 7.13. The minimum atomic E-state index is 0.703. The van der Waals surface area contributed by atoms with Crippen molar-refractivity contribution in [3.8, 4) is 56.3 Å². The molecule has 7 aromatic rings. The van der Waals surface area contributed by atoms with E-state index in [4.69, 9.17) is 15.0 Å². The first kappa shape index (κ1) is 23.7. The van der Waals surface area contributed by atoms with Gasteiger partial charge in [-0.2, -0.15) is 0 Å². The highest BCUT2D eigenvalue weighted by molar-refractivity contribution is 5.95. The van der Waals surface area contributed by atoms with Gasteiger partial charge in [0.25, 0.3) is 0 Å². The predicted molar refractivity (Wildman–Crippen MR) is 165 cm³/mol. The zero-order chi connectivity index (χ0) is 26.7. The van der Waals surface area contributed by atoms with Crippen LogP contribution in [0.15, 0.2) is 152 Å². The number of rotatable bonds is 5. The Morgan fingerprint density at radius 3 is 1.57 bits per heavy atom. The van der Waals surface area contributed by atoms with Crippen molar-refractivity contribution < 1.29 is 0 Å². The highest BCUT2D eigenvalue weighted by Gasteiger charge is 2.12. The van der Waals surface area contributed by atoms with Crippen molar-refractivity contribution >= 4 is 10.8 Å². The Hall–Kier alpha value is -5.41. The highest BCUT2D eigenvalue weighted by atomic mass is 14.9. The summed E-state index contributed by atoms with van der Waals surface area (Å²) in [5, 5.41) is 2.33. The van der Waals surface area contributed by atoms with Gasteiger partial charge in [-0.25, -0.2) is 9.97 Å². The second-order valence-corrected chi connectivity index (χ2v) is 9.74. The van der Waals surface area contributed by atoms with Crippen LogP contribution >= 0.6 is 0 Å². The van der Waals surface area contributed by atoms with Crippen LogP contribution in [0.1, 0.15) is 0 Å². The molecule has 3 heteroatoms. The van der Waals surface area contributed by atoms with Crippen LogP contribution in [0.3, 0.4) is 0 Å². The van der Waals surface area contributed by atoms with Gasteiger partial charge in [0.15, 0.2) is 5.82 Å². The standard InChI is InChI=1S/C37H25N3/c1-3-12-27(13-4-1)34-25-35(28-14-5-2-6-15-28)40-37(39-34)32-19-10-17-30(24-32)29-16-9-18-31(23-29)36-33-20-8-7-11-26(33)21-22-38-36/h1-25H. The maximum atomic E-state index is 5.01. The van der Waals surface area contributed by atoms with Gasteiger partial charge in [0.2, 0.25) is 0 Å². The lowest BCUT2D eigenvalue weighted by Crippen LogP contribution is -1.96. The van der Waals surface area contributed by atoms with Crippen LogP contribution in [0.5, 0.6) is 0 Å². The molecule has 0 bridgehead atoms. The predicted octanol–water partition coefficient (Wildman–Crippen LogP) is 9.36. The maximum absolute atomic E-state index is 5.01. The van der Waals surface area contributed by atoms with Crippen molar-refractivity contribution in [2.45, 2.75) is 0 Å². The first-order valence-electron chi connectivity index (χ1n) is 13.4. The monoisotopic (exact) mass is 511 g/mol. The van der Waals surface area contributed by atoms with E-state index in [0.717, 1.165) is 55.8 Å². The number of pyridine rings is 1. The summed E-state index contributed by atoms with van der Waals surface area (Å²) >= 11 is 0. The van der Waals surface area contributed by atoms with E-state index in [-0.39, 0.29) is 0 Å². The van der Waals surface area contributed by atoms with Crippen LogP contribution in [-0.4, -0.2) is 15.0 Å². The van der Waals surface area contributed by atoms with Gasteiger partial charge in [0.1, 0.15) is 0 Å². The lowest BCUT2D eigenvalue weighted by molar-refractivity contribution is 1.18. The first-order chi connectivity index (χ1) is 19.8. The van der Waals surface area contributed by atoms with Crippen molar-refractivity contribution in [3.05, 3.63) is 152 Å². The Labute approximate surface area is 233 Å². The zero-order valence-electron chi connectivity index (χ0n) is 21.8. The molecule has 188 valence electrons. The molecule has 7 rings (SSSR count). The molecule has 0 radical (unpaired) electrons. The largest absolute Gasteiger partial charge is 0.256 e. The molecular weight excluding hydrogens is 486 g/mol. The fourth-order valence-corrected chi connectivity index (χ4v) is 5.12. The summed E-state index contributed by atoms with van der Waals surface area (Å²) in [6, 6.07) is 50.1. The van der Waals surface area contributed by atoms with E-state index in [1.54, 1.807) is 0 Å². The Morgan fingerprint density at radius 1 is 0.375 bits per heavy atom. The number of fused-ring (bicyclic) bond motifs is 1. The van der Waals surface area contributed by atoms with Gasteiger partial charge in [-0.15, -0.1) is 0 Å². The van der Waals surface area contributed by atoms with Crippen LogP contribution in [0.25, 0.3) is 67.1 Å². The maximum Gasteiger partial charge on any atom is 0.160 e. The van der Waals surface area contributed by atoms with Gasteiger partial charge < -0.3 is 0 Å². The molecule has 2 heterocycles. The Kier molecular flexibility index (Phi) is 6.15. The molecule has 0 aliphatic heterocycles. The van der Waals surface area contributed by atoms with E-state index >= 15 is 0 Å². The Balaban J connectivity index is 1.32. The van der Waals surface area contributed by atoms with Crippen LogP contribution in [0, 0.1) is 0 Å². The molecule has 0 spiro atoms. The third-order valence-corrected chi connectivity index (χ3v) is 7.13. The lowest BCUT2D eigenvalue weighted by Gasteiger charge is -2.11. The van der Waals surface area contributed by atoms with Gasteiger partial charge >= 0.3 is 0 Å². The number of nitrogens with zero attached hydrogens (tertiary/aromatic N) is 3. The fraction of sp³-hybridized carbons (Fsp3) is 0. The topological polar surface area (TPSA) is 38.7 Å². The van der Waals surface area contributed by atoms with Gasteiger partial charge in [-0.05, 0) is 40.8 Å². The van der Waals surface area contributed by atoms with Crippen molar-refractivity contribution in [1.82, 2.24) is 15.0 Å². The van der Waals surface area contributed by atoms with Crippen LogP contribution in [-0.2, 0) is 0 Å². The van der Waals surface area contributed by atoms with Crippen molar-refractivity contribution in [2.75, 3.05) is 0 Å². The van der Waals surface area contributed by atoms with E-state index in [9.17, 15) is 0 Å². The van der Waals surface area contributed by atoms with Crippen molar-refractivity contribution in [3.63, 3.8) is 0 Å². The first-order valence-corrected chi connectivity index (χ1v) is 13.4. The SMILES string of the molecule is c1ccc(-c2cc(-c3ccccc3)nc(-c3cccc(-c4cccc(-c5nccc6ccccc56)c4)c3)n2)cc1. The molecule has 0 aliphatic carbocycles. The summed E-state index contributed by atoms with van der Waals surface area (Å²) in [4.78, 5) is 14.8. The average molecular weight is 512 g/mol. The number of benzene rings is 5. The average Bonchev–Trinajstić information content (AvgIpc) is 3.05. The number of hydrogen-bond acceptors (Lipinski definition) is 3. The molecule has 0 amide bonds. The highest BCUT2D eigenvalue weighted by Crippen LogP contribution is 2.32. The van der Waals surface area contributed by atoms with Gasteiger partial charge in [-0.3, -0.25) is 4.98 Å². The summed E-state index contributed by atoms with van der Waals surface area (Å²) in [5.74, 6) is 0.703. The van der Waals surface area contributed by atoms with E-state index in [1.807, 2.05) is 42.6 Å². The smallest absolute Gasteiger partial charge is 0.160 e. The molecule has 0 saturated carbocycles. The molecule has 0 atom stereocenters. The van der Waals surface area contributed by atoms with E-state index in [2.05, 4.69) is 109 Å². The molecule has 0 N–H and O–H groups in total. The van der Waals surface area contributed by atoms with Gasteiger partial charge in [-0.1, -0.05) is 121 Å². The zero-order valence-corrected chi connectivity index (χ0v) is 21.8. The van der Waals surface area contributed by atoms with Crippen LogP contribution in [0.2, 0.25) is 0 Å². The molecule has 3 nitrogen and oxygen atoms in total. The summed E-state index contributed by atoms with van der Waals surface area (Å²) < 4.78 is 0. The second kappa shape index (κ2) is 10.4. The third kappa shape index (κ3) is 4.65. The molecule has 0 saturated heterocycles. The Morgan fingerprint density at radius 2 is 0.900 bits per heavy atom. The quantitative estimate of drug-likeness (QED) is 0.231. The van der Waals surface area contributed by atoms with E-state index in [0.29, 0.717) is 5.82 Å². The van der Waals surface area contributed by atoms with Crippen molar-refractivity contribution in [1.29, 1.82) is 0 Å². The molecule has 2 aromatic heterocycles. The summed E-state index contributed by atoms with van der Waals surface area (Å²) in [7, 11) is 0. The molecule has 40 heavy (non-hydrogen) atoms. The fourth-order valence-electron chi connectivity index (χ4n) is 5.12. The molecule has 0 fully saturated rings. The van der Waals surface area contributed by atoms with E-state index < -0.39 is 0 Å². The minimum Gasteiger partial charge on any atom is -0.256 e. The van der Waals surface area contributed by atoms with Crippen molar-refractivity contribution in [2.24, 2.45) is 0 Å². The van der Waals surface area contributed by atoms with E-state index in [1.165, 1.54) is 5.39 Å². The number of aromatic nitrogens is 3. The lowest BCUT2D eigenvalue weighted by atomic mass is 9.97. The Bertz CT molecular complexity index is 1880.